The lowest BCUT2D eigenvalue weighted by atomic mass is 10.1. The molecule has 30 heavy (non-hydrogen) atoms. The summed E-state index contributed by atoms with van der Waals surface area (Å²) < 4.78 is 0. The Balaban J connectivity index is 1.71. The SMILES string of the molecule is CCCCCN(CC(C)CC)c1nccc(Nc2ccc(-c3ccncc3)cc2)n1. The summed E-state index contributed by atoms with van der Waals surface area (Å²) in [5.74, 6) is 2.25. The third-order valence-electron chi connectivity index (χ3n) is 5.36. The predicted octanol–water partition coefficient (Wildman–Crippen LogP) is 6.32. The molecule has 3 rings (SSSR count). The van der Waals surface area contributed by atoms with Gasteiger partial charge in [-0.15, -0.1) is 0 Å². The molecule has 1 aromatic carbocycles. The molecule has 2 heterocycles. The van der Waals surface area contributed by atoms with Gasteiger partial charge in [0.15, 0.2) is 0 Å². The summed E-state index contributed by atoms with van der Waals surface area (Å²) in [5.41, 5.74) is 3.34. The molecule has 1 N–H and O–H groups in total. The lowest BCUT2D eigenvalue weighted by Crippen LogP contribution is -2.31. The van der Waals surface area contributed by atoms with Crippen LogP contribution >= 0.6 is 0 Å². The fraction of sp³-hybridized carbons (Fsp3) is 0.400. The molecule has 0 bridgehead atoms. The van der Waals surface area contributed by atoms with Crippen LogP contribution in [0.3, 0.4) is 0 Å². The maximum atomic E-state index is 4.81. The second-order valence-corrected chi connectivity index (χ2v) is 7.85. The summed E-state index contributed by atoms with van der Waals surface area (Å²) in [6.07, 6.45) is 10.3. The highest BCUT2D eigenvalue weighted by atomic mass is 15.3. The van der Waals surface area contributed by atoms with Crippen molar-refractivity contribution in [2.45, 2.75) is 46.5 Å². The van der Waals surface area contributed by atoms with E-state index >= 15 is 0 Å². The van der Waals surface area contributed by atoms with Crippen molar-refractivity contribution in [3.8, 4) is 11.1 Å². The summed E-state index contributed by atoms with van der Waals surface area (Å²) in [6.45, 7) is 8.76. The summed E-state index contributed by atoms with van der Waals surface area (Å²) in [4.78, 5) is 15.8. The molecule has 0 aliphatic carbocycles. The number of hydrogen-bond donors (Lipinski definition) is 1. The van der Waals surface area contributed by atoms with Crippen molar-refractivity contribution in [2.75, 3.05) is 23.3 Å². The number of unbranched alkanes of at least 4 members (excludes halogenated alkanes) is 2. The van der Waals surface area contributed by atoms with Gasteiger partial charge in [-0.2, -0.15) is 4.98 Å². The highest BCUT2D eigenvalue weighted by molar-refractivity contribution is 5.67. The van der Waals surface area contributed by atoms with E-state index in [4.69, 9.17) is 4.98 Å². The molecule has 0 spiro atoms. The molecule has 0 amide bonds. The zero-order chi connectivity index (χ0) is 21.2. The number of pyridine rings is 1. The standard InChI is InChI=1S/C25H33N5/c1-4-6-7-18-30(19-20(3)5-2)25-27-17-14-24(29-25)28-23-10-8-21(9-11-23)22-12-15-26-16-13-22/h8-17,20H,4-7,18-19H2,1-3H3,(H,27,28,29). The van der Waals surface area contributed by atoms with Gasteiger partial charge in [0.2, 0.25) is 5.95 Å². The zero-order valence-corrected chi connectivity index (χ0v) is 18.4. The van der Waals surface area contributed by atoms with Crippen LogP contribution in [0.15, 0.2) is 61.1 Å². The first kappa shape index (κ1) is 21.8. The number of anilines is 3. The van der Waals surface area contributed by atoms with Crippen LogP contribution in [-0.4, -0.2) is 28.0 Å². The van der Waals surface area contributed by atoms with E-state index in [1.165, 1.54) is 24.8 Å². The molecule has 0 fully saturated rings. The second-order valence-electron chi connectivity index (χ2n) is 7.85. The highest BCUT2D eigenvalue weighted by Gasteiger charge is 2.13. The van der Waals surface area contributed by atoms with E-state index in [2.05, 4.69) is 65.2 Å². The Morgan fingerprint density at radius 2 is 1.63 bits per heavy atom. The number of hydrogen-bond acceptors (Lipinski definition) is 5. The van der Waals surface area contributed by atoms with Gasteiger partial charge in [-0.3, -0.25) is 4.98 Å². The van der Waals surface area contributed by atoms with Crippen LogP contribution in [-0.2, 0) is 0 Å². The third kappa shape index (κ3) is 6.28. The number of nitrogens with zero attached hydrogens (tertiary/aromatic N) is 4. The Hall–Kier alpha value is -2.95. The Kier molecular flexibility index (Phi) is 8.19. The molecular weight excluding hydrogens is 370 g/mol. The van der Waals surface area contributed by atoms with Crippen LogP contribution in [0.5, 0.6) is 0 Å². The van der Waals surface area contributed by atoms with Gasteiger partial charge in [0.25, 0.3) is 0 Å². The van der Waals surface area contributed by atoms with Crippen LogP contribution < -0.4 is 10.2 Å². The van der Waals surface area contributed by atoms with Crippen molar-refractivity contribution in [2.24, 2.45) is 5.92 Å². The maximum absolute atomic E-state index is 4.81. The minimum Gasteiger partial charge on any atom is -0.341 e. The van der Waals surface area contributed by atoms with Gasteiger partial charge in [0.05, 0.1) is 0 Å². The number of rotatable bonds is 11. The predicted molar refractivity (Wildman–Crippen MR) is 126 cm³/mol. The van der Waals surface area contributed by atoms with E-state index < -0.39 is 0 Å². The largest absolute Gasteiger partial charge is 0.341 e. The van der Waals surface area contributed by atoms with Crippen molar-refractivity contribution in [1.82, 2.24) is 15.0 Å². The molecule has 2 aromatic heterocycles. The molecule has 0 aliphatic rings. The smallest absolute Gasteiger partial charge is 0.227 e. The maximum Gasteiger partial charge on any atom is 0.227 e. The first-order valence-electron chi connectivity index (χ1n) is 11.0. The van der Waals surface area contributed by atoms with Crippen molar-refractivity contribution in [1.29, 1.82) is 0 Å². The molecule has 0 saturated heterocycles. The van der Waals surface area contributed by atoms with Crippen LogP contribution in [0.2, 0.25) is 0 Å². The average molecular weight is 404 g/mol. The molecule has 3 aromatic rings. The van der Waals surface area contributed by atoms with Gasteiger partial charge < -0.3 is 10.2 Å². The summed E-state index contributed by atoms with van der Waals surface area (Å²) in [5, 5.41) is 3.42. The fourth-order valence-corrected chi connectivity index (χ4v) is 3.34. The molecule has 1 atom stereocenters. The molecule has 5 heteroatoms. The van der Waals surface area contributed by atoms with E-state index in [1.54, 1.807) is 0 Å². The Morgan fingerprint density at radius 3 is 2.33 bits per heavy atom. The molecule has 1 unspecified atom stereocenters. The van der Waals surface area contributed by atoms with E-state index in [1.807, 2.05) is 36.8 Å². The van der Waals surface area contributed by atoms with Gasteiger partial charge in [0, 0.05) is 37.4 Å². The average Bonchev–Trinajstić information content (AvgIpc) is 2.79. The van der Waals surface area contributed by atoms with Crippen LogP contribution in [0.4, 0.5) is 17.5 Å². The third-order valence-corrected chi connectivity index (χ3v) is 5.36. The molecule has 158 valence electrons. The van der Waals surface area contributed by atoms with Crippen LogP contribution in [0.1, 0.15) is 46.5 Å². The van der Waals surface area contributed by atoms with Gasteiger partial charge in [-0.25, -0.2) is 4.98 Å². The van der Waals surface area contributed by atoms with Gasteiger partial charge >= 0.3 is 0 Å². The number of nitrogens with one attached hydrogen (secondary N) is 1. The minimum absolute atomic E-state index is 0.618. The molecule has 5 nitrogen and oxygen atoms in total. The quantitative estimate of drug-likeness (QED) is 0.379. The molecule has 0 radical (unpaired) electrons. The Bertz CT molecular complexity index is 880. The summed E-state index contributed by atoms with van der Waals surface area (Å²) in [6, 6.07) is 14.3. The summed E-state index contributed by atoms with van der Waals surface area (Å²) >= 11 is 0. The normalized spacial score (nSPS) is 11.8. The second kappa shape index (κ2) is 11.3. The Morgan fingerprint density at radius 1 is 0.900 bits per heavy atom. The van der Waals surface area contributed by atoms with Crippen LogP contribution in [0, 0.1) is 5.92 Å². The molecule has 0 saturated carbocycles. The Labute approximate surface area is 180 Å². The topological polar surface area (TPSA) is 53.9 Å². The first-order chi connectivity index (χ1) is 14.7. The highest BCUT2D eigenvalue weighted by Crippen LogP contribution is 2.23. The van der Waals surface area contributed by atoms with Gasteiger partial charge in [-0.1, -0.05) is 52.2 Å². The van der Waals surface area contributed by atoms with Crippen molar-refractivity contribution in [3.63, 3.8) is 0 Å². The number of aromatic nitrogens is 3. The number of benzene rings is 1. The van der Waals surface area contributed by atoms with E-state index in [0.717, 1.165) is 42.5 Å². The lowest BCUT2D eigenvalue weighted by Gasteiger charge is -2.26. The monoisotopic (exact) mass is 403 g/mol. The van der Waals surface area contributed by atoms with Gasteiger partial charge in [0.1, 0.15) is 5.82 Å². The molecule has 0 aliphatic heterocycles. The van der Waals surface area contributed by atoms with Crippen molar-refractivity contribution in [3.05, 3.63) is 61.1 Å². The summed E-state index contributed by atoms with van der Waals surface area (Å²) in [7, 11) is 0. The fourth-order valence-electron chi connectivity index (χ4n) is 3.34. The van der Waals surface area contributed by atoms with Crippen molar-refractivity contribution < 1.29 is 0 Å². The zero-order valence-electron chi connectivity index (χ0n) is 18.4. The first-order valence-corrected chi connectivity index (χ1v) is 11.0. The molecular formula is C25H33N5. The van der Waals surface area contributed by atoms with E-state index in [-0.39, 0.29) is 0 Å². The van der Waals surface area contributed by atoms with Gasteiger partial charge in [-0.05, 0) is 53.8 Å². The van der Waals surface area contributed by atoms with Crippen LogP contribution in [0.25, 0.3) is 11.1 Å². The minimum atomic E-state index is 0.618. The van der Waals surface area contributed by atoms with E-state index in [9.17, 15) is 0 Å². The van der Waals surface area contributed by atoms with E-state index in [0.29, 0.717) is 5.92 Å². The van der Waals surface area contributed by atoms with Crippen molar-refractivity contribution >= 4 is 17.5 Å². The lowest BCUT2D eigenvalue weighted by molar-refractivity contribution is 0.527.